The molecule has 0 saturated carbocycles. The Morgan fingerprint density at radius 2 is 2.15 bits per heavy atom. The van der Waals surface area contributed by atoms with Crippen LogP contribution in [0.25, 0.3) is 11.7 Å². The van der Waals surface area contributed by atoms with E-state index in [2.05, 4.69) is 10.3 Å². The second kappa shape index (κ2) is 8.20. The Balaban J connectivity index is 2.10. The van der Waals surface area contributed by atoms with Gasteiger partial charge in [0.2, 0.25) is 0 Å². The van der Waals surface area contributed by atoms with E-state index in [-0.39, 0.29) is 24.1 Å². The Morgan fingerprint density at radius 3 is 2.81 bits per heavy atom. The number of aliphatic hydroxyl groups is 1. The molecule has 2 N–H and O–H groups in total. The smallest absolute Gasteiger partial charge is 0.267 e. The quantitative estimate of drug-likeness (QED) is 0.433. The average molecular weight is 405 g/mol. The highest BCUT2D eigenvalue weighted by molar-refractivity contribution is 8.26. The average Bonchev–Trinajstić information content (AvgIpc) is 2.92. The van der Waals surface area contributed by atoms with Crippen LogP contribution in [0.15, 0.2) is 34.1 Å². The number of amides is 1. The zero-order valence-corrected chi connectivity index (χ0v) is 16.6. The molecule has 0 aliphatic carbocycles. The van der Waals surface area contributed by atoms with Crippen LogP contribution < -0.4 is 10.9 Å². The maximum atomic E-state index is 13.0. The van der Waals surface area contributed by atoms with Crippen molar-refractivity contribution in [3.63, 3.8) is 0 Å². The summed E-state index contributed by atoms with van der Waals surface area (Å²) in [6, 6.07) is 5.23. The van der Waals surface area contributed by atoms with E-state index in [0.29, 0.717) is 39.2 Å². The molecule has 1 aliphatic rings. The summed E-state index contributed by atoms with van der Waals surface area (Å²) >= 11 is 6.48. The van der Waals surface area contributed by atoms with Gasteiger partial charge >= 0.3 is 0 Å². The number of fused-ring (bicyclic) bond motifs is 1. The van der Waals surface area contributed by atoms with Crippen LogP contribution in [0.5, 0.6) is 0 Å². The summed E-state index contributed by atoms with van der Waals surface area (Å²) in [5.41, 5.74) is 0.517. The topological polar surface area (TPSA) is 86.9 Å². The van der Waals surface area contributed by atoms with Crippen molar-refractivity contribution in [1.82, 2.24) is 14.3 Å². The van der Waals surface area contributed by atoms with Crippen LogP contribution in [0.1, 0.15) is 25.8 Å². The molecule has 142 valence electrons. The van der Waals surface area contributed by atoms with Crippen LogP contribution in [-0.2, 0) is 4.79 Å². The Hall–Kier alpha value is -2.23. The lowest BCUT2D eigenvalue weighted by Gasteiger charge is -2.18. The van der Waals surface area contributed by atoms with E-state index in [9.17, 15) is 9.59 Å². The Kier molecular flexibility index (Phi) is 5.93. The van der Waals surface area contributed by atoms with E-state index in [0.717, 1.165) is 0 Å². The molecule has 1 saturated heterocycles. The Morgan fingerprint density at radius 1 is 1.37 bits per heavy atom. The monoisotopic (exact) mass is 404 g/mol. The van der Waals surface area contributed by atoms with Crippen LogP contribution in [0, 0.1) is 0 Å². The number of carbonyl (C=O) groups is 1. The highest BCUT2D eigenvalue weighted by Gasteiger charge is 2.34. The van der Waals surface area contributed by atoms with Crippen molar-refractivity contribution in [2.75, 3.05) is 18.5 Å². The minimum atomic E-state index is -0.276. The molecule has 3 rings (SSSR count). The first-order chi connectivity index (χ1) is 12.9. The van der Waals surface area contributed by atoms with Gasteiger partial charge in [-0.25, -0.2) is 4.98 Å². The summed E-state index contributed by atoms with van der Waals surface area (Å²) < 4.78 is 1.91. The molecular weight excluding hydrogens is 384 g/mol. The SMILES string of the molecule is CC(C)N1C(=O)C(=Cc2c(NCCCO)nc3ccccn3c2=O)SC1=S. The van der Waals surface area contributed by atoms with Crippen molar-refractivity contribution in [2.45, 2.75) is 26.3 Å². The van der Waals surface area contributed by atoms with Crippen molar-refractivity contribution in [2.24, 2.45) is 0 Å². The number of nitrogens with one attached hydrogen (secondary N) is 1. The van der Waals surface area contributed by atoms with Crippen molar-refractivity contribution >= 4 is 51.7 Å². The molecule has 27 heavy (non-hydrogen) atoms. The number of hydrogen-bond acceptors (Lipinski definition) is 7. The fraction of sp³-hybridized carbons (Fsp3) is 0.333. The Labute approximate surface area is 166 Å². The lowest BCUT2D eigenvalue weighted by atomic mass is 10.2. The third-order valence-corrected chi connectivity index (χ3v) is 5.34. The van der Waals surface area contributed by atoms with Crippen molar-refractivity contribution in [3.8, 4) is 0 Å². The minimum Gasteiger partial charge on any atom is -0.396 e. The summed E-state index contributed by atoms with van der Waals surface area (Å²) in [5, 5.41) is 12.1. The maximum absolute atomic E-state index is 13.0. The van der Waals surface area contributed by atoms with Crippen LogP contribution in [0.3, 0.4) is 0 Å². The number of thioether (sulfide) groups is 1. The van der Waals surface area contributed by atoms with Crippen molar-refractivity contribution < 1.29 is 9.90 Å². The first-order valence-corrected chi connectivity index (χ1v) is 9.79. The highest BCUT2D eigenvalue weighted by atomic mass is 32.2. The fourth-order valence-electron chi connectivity index (χ4n) is 2.71. The lowest BCUT2D eigenvalue weighted by molar-refractivity contribution is -0.123. The summed E-state index contributed by atoms with van der Waals surface area (Å²) in [5.74, 6) is 0.174. The zero-order valence-electron chi connectivity index (χ0n) is 15.0. The second-order valence-electron chi connectivity index (χ2n) is 6.26. The molecule has 0 atom stereocenters. The minimum absolute atomic E-state index is 0.0297. The molecule has 0 spiro atoms. The number of hydrogen-bond donors (Lipinski definition) is 2. The molecule has 1 aliphatic heterocycles. The third kappa shape index (κ3) is 3.90. The van der Waals surface area contributed by atoms with Gasteiger partial charge in [0.25, 0.3) is 11.5 Å². The molecule has 2 aromatic rings. The molecule has 1 fully saturated rings. The van der Waals surface area contributed by atoms with Gasteiger partial charge in [0.05, 0.1) is 10.5 Å². The standard InChI is InChI=1S/C18H20N4O3S2/c1-11(2)22-17(25)13(27-18(22)26)10-12-15(19-7-5-9-23)20-14-6-3-4-8-21(14)16(12)24/h3-4,6,8,10-11,19,23H,5,7,9H2,1-2H3. The van der Waals surface area contributed by atoms with E-state index in [4.69, 9.17) is 17.3 Å². The molecule has 9 heteroatoms. The second-order valence-corrected chi connectivity index (χ2v) is 7.93. The molecule has 1 amide bonds. The maximum Gasteiger partial charge on any atom is 0.267 e. The molecular formula is C18H20N4O3S2. The zero-order chi connectivity index (χ0) is 19.6. The van der Waals surface area contributed by atoms with Gasteiger partial charge in [-0.2, -0.15) is 0 Å². The number of rotatable bonds is 6. The van der Waals surface area contributed by atoms with Crippen molar-refractivity contribution in [1.29, 1.82) is 0 Å². The van der Waals surface area contributed by atoms with E-state index in [1.54, 1.807) is 30.5 Å². The Bertz CT molecular complexity index is 984. The summed E-state index contributed by atoms with van der Waals surface area (Å²) in [6.07, 6.45) is 3.71. The molecule has 0 unspecified atom stereocenters. The van der Waals surface area contributed by atoms with Gasteiger partial charge in [0.15, 0.2) is 0 Å². The van der Waals surface area contributed by atoms with Gasteiger partial charge in [0, 0.05) is 25.4 Å². The molecule has 3 heterocycles. The van der Waals surface area contributed by atoms with Gasteiger partial charge < -0.3 is 10.4 Å². The normalized spacial score (nSPS) is 16.1. The van der Waals surface area contributed by atoms with Crippen LogP contribution >= 0.6 is 24.0 Å². The molecule has 2 aromatic heterocycles. The largest absolute Gasteiger partial charge is 0.396 e. The van der Waals surface area contributed by atoms with E-state index in [1.165, 1.54) is 21.1 Å². The third-order valence-electron chi connectivity index (χ3n) is 4.01. The fourth-order valence-corrected chi connectivity index (χ4v) is 4.22. The van der Waals surface area contributed by atoms with Crippen LogP contribution in [0.4, 0.5) is 5.82 Å². The molecule has 0 radical (unpaired) electrons. The number of anilines is 1. The summed E-state index contributed by atoms with van der Waals surface area (Å²) in [6.45, 7) is 4.27. The number of aromatic nitrogens is 2. The predicted molar refractivity (Wildman–Crippen MR) is 112 cm³/mol. The molecule has 0 bridgehead atoms. The number of aliphatic hydroxyl groups excluding tert-OH is 1. The number of nitrogens with zero attached hydrogens (tertiary/aromatic N) is 3. The first kappa shape index (κ1) is 19.5. The van der Waals surface area contributed by atoms with Crippen molar-refractivity contribution in [3.05, 3.63) is 45.2 Å². The van der Waals surface area contributed by atoms with Gasteiger partial charge in [-0.15, -0.1) is 0 Å². The van der Waals surface area contributed by atoms with Gasteiger partial charge in [-0.1, -0.05) is 30.0 Å². The van der Waals surface area contributed by atoms with Crippen LogP contribution in [-0.4, -0.2) is 48.8 Å². The first-order valence-electron chi connectivity index (χ1n) is 8.57. The van der Waals surface area contributed by atoms with Gasteiger partial charge in [0.1, 0.15) is 15.8 Å². The van der Waals surface area contributed by atoms with Gasteiger partial charge in [-0.3, -0.25) is 18.9 Å². The molecule has 7 nitrogen and oxygen atoms in total. The highest BCUT2D eigenvalue weighted by Crippen LogP contribution is 2.34. The lowest BCUT2D eigenvalue weighted by Crippen LogP contribution is -2.34. The predicted octanol–water partition coefficient (Wildman–Crippen LogP) is 2.10. The van der Waals surface area contributed by atoms with Crippen LogP contribution in [0.2, 0.25) is 0 Å². The summed E-state index contributed by atoms with van der Waals surface area (Å²) in [4.78, 5) is 32.1. The van der Waals surface area contributed by atoms with E-state index < -0.39 is 0 Å². The number of pyridine rings is 1. The molecule has 0 aromatic carbocycles. The summed E-state index contributed by atoms with van der Waals surface area (Å²) in [7, 11) is 0. The van der Waals surface area contributed by atoms with Gasteiger partial charge in [-0.05, 0) is 38.5 Å². The number of carbonyl (C=O) groups excluding carboxylic acids is 1. The number of thiocarbonyl (C=S) groups is 1. The van der Waals surface area contributed by atoms with E-state index >= 15 is 0 Å². The van der Waals surface area contributed by atoms with E-state index in [1.807, 2.05) is 13.8 Å².